The van der Waals surface area contributed by atoms with Gasteiger partial charge in [0.15, 0.2) is 6.40 Å². The summed E-state index contributed by atoms with van der Waals surface area (Å²) in [4.78, 5) is 24.4. The first-order chi connectivity index (χ1) is 7.20. The van der Waals surface area contributed by atoms with Gasteiger partial charge in [0.05, 0.1) is 23.5 Å². The number of hydrogen-bond donors (Lipinski definition) is 3. The van der Waals surface area contributed by atoms with Crippen LogP contribution in [0.2, 0.25) is 0 Å². The molecule has 82 valence electrons. The molecule has 0 spiro atoms. The van der Waals surface area contributed by atoms with Gasteiger partial charge in [-0.25, -0.2) is 5.43 Å². The highest BCUT2D eigenvalue weighted by molar-refractivity contribution is 6.24. The van der Waals surface area contributed by atoms with Crippen molar-refractivity contribution < 1.29 is 19.1 Å². The van der Waals surface area contributed by atoms with E-state index in [1.807, 2.05) is 0 Å². The van der Waals surface area contributed by atoms with Crippen LogP contribution in [0.3, 0.4) is 0 Å². The number of rotatable bonds is 6. The van der Waals surface area contributed by atoms with Crippen LogP contribution in [0.25, 0.3) is 0 Å². The van der Waals surface area contributed by atoms with Gasteiger partial charge in [0, 0.05) is 0 Å². The lowest BCUT2D eigenvalue weighted by atomic mass is 10.5. The first kappa shape index (κ1) is 12.8. The third-order valence-electron chi connectivity index (χ3n) is 1.09. The molecule has 0 rings (SSSR count). The fourth-order valence-electron chi connectivity index (χ4n) is 0.521. The number of ether oxygens (including phenoxy) is 1. The van der Waals surface area contributed by atoms with Crippen molar-refractivity contribution in [3.63, 3.8) is 0 Å². The molecule has 8 nitrogen and oxygen atoms in total. The second kappa shape index (κ2) is 8.39. The summed E-state index contributed by atoms with van der Waals surface area (Å²) in [6.07, 6.45) is 1.84. The van der Waals surface area contributed by atoms with Crippen LogP contribution < -0.4 is 10.7 Å². The smallest absolute Gasteiger partial charge is 0.394 e. The Bertz CT molecular complexity index is 295. The Labute approximate surface area is 85.9 Å². The summed E-state index contributed by atoms with van der Waals surface area (Å²) >= 11 is 0. The van der Waals surface area contributed by atoms with Crippen molar-refractivity contribution in [2.45, 2.75) is 6.92 Å². The number of amides is 2. The Morgan fingerprint density at radius 3 is 2.93 bits per heavy atom. The summed E-state index contributed by atoms with van der Waals surface area (Å²) in [7, 11) is 0. The summed E-state index contributed by atoms with van der Waals surface area (Å²) in [5.74, 6) is -1.12. The third-order valence-corrected chi connectivity index (χ3v) is 1.09. The van der Waals surface area contributed by atoms with Gasteiger partial charge in [0.2, 0.25) is 0 Å². The molecule has 0 aromatic rings. The molecule has 0 aliphatic heterocycles. The SMILES string of the molecule is CCO/C=N/NC(=O)CNC(=O)C=[N+]=N. The van der Waals surface area contributed by atoms with Gasteiger partial charge < -0.3 is 10.1 Å². The number of nitrogens with zero attached hydrogens (tertiary/aromatic N) is 2. The molecule has 0 aliphatic rings. The highest BCUT2D eigenvalue weighted by Crippen LogP contribution is 1.67. The molecule has 3 N–H and O–H groups in total. The molecule has 0 bridgehead atoms. The Kier molecular flexibility index (Phi) is 7.15. The van der Waals surface area contributed by atoms with E-state index in [4.69, 9.17) is 10.3 Å². The molecule has 0 unspecified atom stereocenters. The van der Waals surface area contributed by atoms with E-state index in [1.54, 1.807) is 6.92 Å². The molecule has 0 aromatic carbocycles. The van der Waals surface area contributed by atoms with Crippen molar-refractivity contribution in [3.05, 3.63) is 0 Å². The standard InChI is InChI=1S/C7H11N5O3/c1-2-15-5-11-12-7(14)3-9-6(13)4-10-8/h4-5,8H,2-3H2,1H3,(H-,9,12,13,14)/p+1/b11-5+. The van der Waals surface area contributed by atoms with Crippen LogP contribution >= 0.6 is 0 Å². The quantitative estimate of drug-likeness (QED) is 0.164. The summed E-state index contributed by atoms with van der Waals surface area (Å²) in [6.45, 7) is 1.98. The van der Waals surface area contributed by atoms with Gasteiger partial charge in [-0.15, -0.1) is 5.10 Å². The Morgan fingerprint density at radius 2 is 2.33 bits per heavy atom. The fourth-order valence-corrected chi connectivity index (χ4v) is 0.521. The normalized spacial score (nSPS) is 9.13. The molecule has 0 saturated heterocycles. The maximum Gasteiger partial charge on any atom is 0.394 e. The van der Waals surface area contributed by atoms with Crippen LogP contribution in [0.5, 0.6) is 0 Å². The lowest BCUT2D eigenvalue weighted by Crippen LogP contribution is -2.35. The molecular formula is C7H12N5O3+. The average molecular weight is 214 g/mol. The van der Waals surface area contributed by atoms with Gasteiger partial charge in [-0.05, 0) is 6.92 Å². The van der Waals surface area contributed by atoms with E-state index >= 15 is 0 Å². The van der Waals surface area contributed by atoms with E-state index in [-0.39, 0.29) is 6.54 Å². The summed E-state index contributed by atoms with van der Waals surface area (Å²) in [5.41, 5.74) is 8.46. The minimum Gasteiger partial charge on any atom is -0.482 e. The zero-order chi connectivity index (χ0) is 11.5. The first-order valence-corrected chi connectivity index (χ1v) is 4.10. The predicted molar refractivity (Wildman–Crippen MR) is 50.3 cm³/mol. The van der Waals surface area contributed by atoms with Crippen molar-refractivity contribution in [2.75, 3.05) is 13.2 Å². The minimum atomic E-state index is -0.617. The van der Waals surface area contributed by atoms with Crippen molar-refractivity contribution >= 4 is 24.4 Å². The molecule has 15 heavy (non-hydrogen) atoms. The Hall–Kier alpha value is -2.21. The lowest BCUT2D eigenvalue weighted by Gasteiger charge is -1.98. The maximum atomic E-state index is 10.9. The second-order valence-corrected chi connectivity index (χ2v) is 2.20. The van der Waals surface area contributed by atoms with E-state index in [9.17, 15) is 9.59 Å². The molecule has 0 aliphatic carbocycles. The molecule has 0 fully saturated rings. The maximum absolute atomic E-state index is 10.9. The predicted octanol–water partition coefficient (Wildman–Crippen LogP) is -1.49. The molecule has 0 radical (unpaired) electrons. The van der Waals surface area contributed by atoms with E-state index in [0.717, 1.165) is 12.6 Å². The van der Waals surface area contributed by atoms with Gasteiger partial charge in [0.25, 0.3) is 5.91 Å². The number of hydrazone groups is 1. The average Bonchev–Trinajstić information content (AvgIpc) is 2.22. The van der Waals surface area contributed by atoms with E-state index in [0.29, 0.717) is 6.61 Å². The van der Waals surface area contributed by atoms with Gasteiger partial charge >= 0.3 is 12.1 Å². The van der Waals surface area contributed by atoms with Crippen LogP contribution in [-0.2, 0) is 14.3 Å². The van der Waals surface area contributed by atoms with E-state index in [2.05, 4.69) is 20.6 Å². The van der Waals surface area contributed by atoms with Crippen molar-refractivity contribution in [2.24, 2.45) is 5.10 Å². The van der Waals surface area contributed by atoms with Crippen LogP contribution in [0.4, 0.5) is 0 Å². The largest absolute Gasteiger partial charge is 0.482 e. The molecule has 0 saturated carbocycles. The molecular weight excluding hydrogens is 202 g/mol. The van der Waals surface area contributed by atoms with Gasteiger partial charge in [-0.1, -0.05) is 0 Å². The van der Waals surface area contributed by atoms with Crippen LogP contribution in [-0.4, -0.2) is 42.4 Å². The number of carbonyl (C=O) groups is 2. The van der Waals surface area contributed by atoms with Crippen molar-refractivity contribution in [1.82, 2.24) is 10.7 Å². The van der Waals surface area contributed by atoms with Crippen molar-refractivity contribution in [1.29, 1.82) is 5.53 Å². The summed E-state index contributed by atoms with van der Waals surface area (Å²) < 4.78 is 4.71. The molecule has 0 aromatic heterocycles. The van der Waals surface area contributed by atoms with E-state index < -0.39 is 11.8 Å². The zero-order valence-electron chi connectivity index (χ0n) is 8.19. The summed E-state index contributed by atoms with van der Waals surface area (Å²) in [6, 6.07) is 0. The van der Waals surface area contributed by atoms with Crippen LogP contribution in [0.15, 0.2) is 5.10 Å². The Balaban J connectivity index is 3.66. The molecule has 0 heterocycles. The number of hydrogen-bond acceptors (Lipinski definition) is 5. The zero-order valence-corrected chi connectivity index (χ0v) is 8.19. The van der Waals surface area contributed by atoms with Crippen LogP contribution in [0, 0.1) is 5.53 Å². The van der Waals surface area contributed by atoms with Crippen molar-refractivity contribution in [3.8, 4) is 0 Å². The Morgan fingerprint density at radius 1 is 1.60 bits per heavy atom. The van der Waals surface area contributed by atoms with Gasteiger partial charge in [0.1, 0.15) is 0 Å². The molecule has 0 atom stereocenters. The molecule has 8 heteroatoms. The third kappa shape index (κ3) is 8.13. The summed E-state index contributed by atoms with van der Waals surface area (Å²) in [5, 5.41) is 5.61. The van der Waals surface area contributed by atoms with Crippen LogP contribution in [0.1, 0.15) is 6.92 Å². The topological polar surface area (TPSA) is 118 Å². The van der Waals surface area contributed by atoms with Gasteiger partial charge in [-0.3, -0.25) is 9.59 Å². The molecule has 2 amide bonds. The number of carbonyl (C=O) groups excluding carboxylic acids is 2. The highest BCUT2D eigenvalue weighted by atomic mass is 16.5. The van der Waals surface area contributed by atoms with E-state index in [1.165, 1.54) is 0 Å². The second-order valence-electron chi connectivity index (χ2n) is 2.20. The minimum absolute atomic E-state index is 0.242. The first-order valence-electron chi connectivity index (χ1n) is 4.10. The highest BCUT2D eigenvalue weighted by Gasteiger charge is 2.05. The number of nitrogens with one attached hydrogen (secondary N) is 3. The monoisotopic (exact) mass is 214 g/mol. The lowest BCUT2D eigenvalue weighted by molar-refractivity contribution is -0.133. The fraction of sp³-hybridized carbons (Fsp3) is 0.429. The van der Waals surface area contributed by atoms with Gasteiger partial charge in [-0.2, -0.15) is 0 Å².